The lowest BCUT2D eigenvalue weighted by Crippen LogP contribution is -2.03. The van der Waals surface area contributed by atoms with Gasteiger partial charge in [0, 0.05) is 55.8 Å². The Morgan fingerprint density at radius 2 is 0.656 bits per heavy atom. The third-order valence-electron chi connectivity index (χ3n) is 11.4. The van der Waals surface area contributed by atoms with E-state index < -0.39 is 0 Å². The summed E-state index contributed by atoms with van der Waals surface area (Å²) < 4.78 is 2.27. The molecule has 3 heterocycles. The Bertz CT molecular complexity index is 3150. The molecule has 4 heteroatoms. The van der Waals surface area contributed by atoms with Crippen molar-refractivity contribution in [3.05, 3.63) is 231 Å². The summed E-state index contributed by atoms with van der Waals surface area (Å²) in [6, 6.07) is 80.8. The van der Waals surface area contributed by atoms with Crippen molar-refractivity contribution in [2.75, 3.05) is 0 Å². The van der Waals surface area contributed by atoms with E-state index in [0.29, 0.717) is 5.82 Å². The summed E-state index contributed by atoms with van der Waals surface area (Å²) in [4.78, 5) is 16.2. The summed E-state index contributed by atoms with van der Waals surface area (Å²) in [6.07, 6.45) is 0. The number of hydrogen-bond donors (Lipinski definition) is 0. The molecule has 0 fully saturated rings. The van der Waals surface area contributed by atoms with Gasteiger partial charge in [-0.05, 0) is 28.8 Å². The molecule has 0 bridgehead atoms. The van der Waals surface area contributed by atoms with E-state index in [9.17, 15) is 0 Å². The lowest BCUT2D eigenvalue weighted by molar-refractivity contribution is 1.05. The molecule has 286 valence electrons. The first kappa shape index (κ1) is 35.9. The maximum Gasteiger partial charge on any atom is 0.162 e. The van der Waals surface area contributed by atoms with Crippen molar-refractivity contribution in [2.24, 2.45) is 0 Å². The minimum absolute atomic E-state index is 0.654. The summed E-state index contributed by atoms with van der Waals surface area (Å²) in [7, 11) is 0. The van der Waals surface area contributed by atoms with Crippen LogP contribution in [0.1, 0.15) is 0 Å². The van der Waals surface area contributed by atoms with Crippen LogP contribution in [0.25, 0.3) is 106 Å². The second-order valence-electron chi connectivity index (χ2n) is 15.1. The van der Waals surface area contributed by atoms with E-state index >= 15 is 0 Å². The topological polar surface area (TPSA) is 43.6 Å². The highest BCUT2D eigenvalue weighted by Crippen LogP contribution is 2.49. The number of para-hydroxylation sites is 2. The van der Waals surface area contributed by atoms with Crippen LogP contribution in [0.4, 0.5) is 0 Å². The Hall–Kier alpha value is -8.21. The molecule has 0 spiro atoms. The predicted octanol–water partition coefficient (Wildman–Crippen LogP) is 14.6. The minimum atomic E-state index is 0.654. The SMILES string of the molecule is c1ccc(-c2cc(-n3c4ccccc4c4ccccc43)nc(-c3ccc(-c4c(-c5ccccc5)c(-c5ccccc5)nc(-c5ccccc5)c4-c4ccccc4)cc3)n2)cc1. The Morgan fingerprint density at radius 1 is 0.279 bits per heavy atom. The Balaban J connectivity index is 1.17. The highest BCUT2D eigenvalue weighted by molar-refractivity contribution is 6.09. The molecular weight excluding hydrogens is 741 g/mol. The average molecular weight is 779 g/mol. The van der Waals surface area contributed by atoms with Gasteiger partial charge in [-0.15, -0.1) is 0 Å². The molecule has 0 aliphatic carbocycles. The third kappa shape index (κ3) is 6.57. The van der Waals surface area contributed by atoms with Gasteiger partial charge in [-0.2, -0.15) is 0 Å². The van der Waals surface area contributed by atoms with Gasteiger partial charge >= 0.3 is 0 Å². The van der Waals surface area contributed by atoms with Crippen molar-refractivity contribution in [1.82, 2.24) is 19.5 Å². The molecule has 11 aromatic rings. The van der Waals surface area contributed by atoms with Crippen LogP contribution >= 0.6 is 0 Å². The van der Waals surface area contributed by atoms with Gasteiger partial charge in [0.25, 0.3) is 0 Å². The van der Waals surface area contributed by atoms with Crippen molar-refractivity contribution >= 4 is 21.8 Å². The zero-order valence-electron chi connectivity index (χ0n) is 33.2. The Kier molecular flexibility index (Phi) is 9.14. The largest absolute Gasteiger partial charge is 0.294 e. The number of rotatable bonds is 8. The van der Waals surface area contributed by atoms with Gasteiger partial charge in [-0.25, -0.2) is 15.0 Å². The number of benzene rings is 8. The van der Waals surface area contributed by atoms with E-state index in [0.717, 1.165) is 89.6 Å². The van der Waals surface area contributed by atoms with Crippen LogP contribution in [-0.4, -0.2) is 19.5 Å². The van der Waals surface area contributed by atoms with Crippen LogP contribution in [0.5, 0.6) is 0 Å². The lowest BCUT2D eigenvalue weighted by atomic mass is 9.83. The number of fused-ring (bicyclic) bond motifs is 3. The van der Waals surface area contributed by atoms with Crippen LogP contribution in [0.3, 0.4) is 0 Å². The predicted molar refractivity (Wildman–Crippen MR) is 252 cm³/mol. The van der Waals surface area contributed by atoms with Crippen molar-refractivity contribution in [2.45, 2.75) is 0 Å². The second-order valence-corrected chi connectivity index (χ2v) is 15.1. The van der Waals surface area contributed by atoms with Gasteiger partial charge in [-0.1, -0.05) is 212 Å². The number of nitrogens with zero attached hydrogens (tertiary/aromatic N) is 4. The molecule has 0 amide bonds. The smallest absolute Gasteiger partial charge is 0.162 e. The van der Waals surface area contributed by atoms with E-state index in [1.807, 2.05) is 6.07 Å². The molecule has 0 aliphatic rings. The summed E-state index contributed by atoms with van der Waals surface area (Å²) >= 11 is 0. The maximum absolute atomic E-state index is 5.61. The van der Waals surface area contributed by atoms with E-state index in [-0.39, 0.29) is 0 Å². The molecule has 61 heavy (non-hydrogen) atoms. The third-order valence-corrected chi connectivity index (χ3v) is 11.4. The quantitative estimate of drug-likeness (QED) is 0.154. The summed E-state index contributed by atoms with van der Waals surface area (Å²) in [6.45, 7) is 0. The fourth-order valence-corrected chi connectivity index (χ4v) is 8.65. The second kappa shape index (κ2) is 15.5. The highest BCUT2D eigenvalue weighted by atomic mass is 15.1. The van der Waals surface area contributed by atoms with Crippen molar-refractivity contribution in [3.63, 3.8) is 0 Å². The molecule has 0 radical (unpaired) electrons. The average Bonchev–Trinajstić information content (AvgIpc) is 3.69. The first-order chi connectivity index (χ1) is 30.3. The van der Waals surface area contributed by atoms with Gasteiger partial charge < -0.3 is 0 Å². The number of aromatic nitrogens is 4. The van der Waals surface area contributed by atoms with Gasteiger partial charge in [0.2, 0.25) is 0 Å². The van der Waals surface area contributed by atoms with Crippen molar-refractivity contribution < 1.29 is 0 Å². The standard InChI is InChI=1S/C57H38N4/c1-6-20-39(21-7-1)48-38-51(61-49-32-18-16-30-46(49)47-31-17-19-33-50(47)61)59-57(58-48)45-36-34-42(35-37-45)52-53(40-22-8-2-9-23-40)55(43-26-12-4-13-27-43)60-56(44-28-14-5-15-29-44)54(52)41-24-10-3-11-25-41/h1-38H. The molecule has 8 aromatic carbocycles. The van der Waals surface area contributed by atoms with Crippen molar-refractivity contribution in [1.29, 1.82) is 0 Å². The van der Waals surface area contributed by atoms with Crippen LogP contribution in [0.15, 0.2) is 231 Å². The van der Waals surface area contributed by atoms with Crippen LogP contribution < -0.4 is 0 Å². The van der Waals surface area contributed by atoms with E-state index in [1.165, 1.54) is 10.8 Å². The molecule has 4 nitrogen and oxygen atoms in total. The summed E-state index contributed by atoms with van der Waals surface area (Å²) in [5, 5.41) is 2.38. The van der Waals surface area contributed by atoms with E-state index in [1.54, 1.807) is 0 Å². The van der Waals surface area contributed by atoms with Gasteiger partial charge in [0.1, 0.15) is 5.82 Å². The van der Waals surface area contributed by atoms with Crippen LogP contribution in [0.2, 0.25) is 0 Å². The first-order valence-electron chi connectivity index (χ1n) is 20.6. The molecular formula is C57H38N4. The monoisotopic (exact) mass is 778 g/mol. The van der Waals surface area contributed by atoms with Crippen molar-refractivity contribution in [3.8, 4) is 84.4 Å². The minimum Gasteiger partial charge on any atom is -0.294 e. The summed E-state index contributed by atoms with van der Waals surface area (Å²) in [5.41, 5.74) is 15.5. The van der Waals surface area contributed by atoms with Gasteiger partial charge in [0.05, 0.1) is 28.1 Å². The number of hydrogen-bond acceptors (Lipinski definition) is 3. The highest BCUT2D eigenvalue weighted by Gasteiger charge is 2.25. The van der Waals surface area contributed by atoms with Gasteiger partial charge in [-0.3, -0.25) is 4.57 Å². The number of pyridine rings is 1. The Labute approximate surface area is 354 Å². The fourth-order valence-electron chi connectivity index (χ4n) is 8.65. The molecule has 0 unspecified atom stereocenters. The summed E-state index contributed by atoms with van der Waals surface area (Å²) in [5.74, 6) is 1.47. The molecule has 0 saturated heterocycles. The first-order valence-corrected chi connectivity index (χ1v) is 20.6. The molecule has 0 atom stereocenters. The van der Waals surface area contributed by atoms with E-state index in [2.05, 4.69) is 229 Å². The van der Waals surface area contributed by atoms with Gasteiger partial charge in [0.15, 0.2) is 5.82 Å². The van der Waals surface area contributed by atoms with E-state index in [4.69, 9.17) is 15.0 Å². The van der Waals surface area contributed by atoms with Crippen LogP contribution in [0, 0.1) is 0 Å². The molecule has 0 N–H and O–H groups in total. The Morgan fingerprint density at radius 3 is 1.13 bits per heavy atom. The van der Waals surface area contributed by atoms with Crippen LogP contribution in [-0.2, 0) is 0 Å². The lowest BCUT2D eigenvalue weighted by Gasteiger charge is -2.23. The zero-order chi connectivity index (χ0) is 40.5. The molecule has 11 rings (SSSR count). The molecule has 0 aliphatic heterocycles. The fraction of sp³-hybridized carbons (Fsp3) is 0. The molecule has 3 aromatic heterocycles. The zero-order valence-corrected chi connectivity index (χ0v) is 33.2. The normalized spacial score (nSPS) is 11.3. The molecule has 0 saturated carbocycles. The maximum atomic E-state index is 5.61.